The Morgan fingerprint density at radius 1 is 1.50 bits per heavy atom. The fraction of sp³-hybridized carbons (Fsp3) is 0.167. The zero-order valence-electron chi connectivity index (χ0n) is 10.1. The van der Waals surface area contributed by atoms with E-state index < -0.39 is 5.91 Å². The normalized spacial score (nSPS) is 10.3. The predicted octanol–water partition coefficient (Wildman–Crippen LogP) is 0.713. The Morgan fingerprint density at radius 3 is 2.89 bits per heavy atom. The van der Waals surface area contributed by atoms with E-state index in [-0.39, 0.29) is 0 Å². The molecule has 0 atom stereocenters. The van der Waals surface area contributed by atoms with Gasteiger partial charge in [-0.15, -0.1) is 0 Å². The third kappa shape index (κ3) is 2.27. The van der Waals surface area contributed by atoms with Crippen LogP contribution < -0.4 is 16.8 Å². The van der Waals surface area contributed by atoms with Crippen molar-refractivity contribution in [2.45, 2.75) is 6.54 Å². The maximum Gasteiger partial charge on any atom is 0.250 e. The average molecular weight is 245 g/mol. The lowest BCUT2D eigenvalue weighted by Gasteiger charge is -2.12. The number of para-hydroxylation sites is 1. The van der Waals surface area contributed by atoms with E-state index in [1.807, 2.05) is 17.8 Å². The molecule has 2 rings (SSSR count). The van der Waals surface area contributed by atoms with E-state index in [2.05, 4.69) is 10.3 Å². The summed E-state index contributed by atoms with van der Waals surface area (Å²) in [6.45, 7) is 0.470. The first kappa shape index (κ1) is 12.0. The van der Waals surface area contributed by atoms with Gasteiger partial charge in [-0.05, 0) is 12.1 Å². The number of aryl methyl sites for hydroxylation is 1. The number of anilines is 2. The molecule has 0 bridgehead atoms. The van der Waals surface area contributed by atoms with E-state index in [1.54, 1.807) is 24.4 Å². The maximum atomic E-state index is 11.3. The summed E-state index contributed by atoms with van der Waals surface area (Å²) in [5.74, 6) is 0.332. The van der Waals surface area contributed by atoms with Crippen LogP contribution in [0.3, 0.4) is 0 Å². The smallest absolute Gasteiger partial charge is 0.250 e. The highest BCUT2D eigenvalue weighted by molar-refractivity contribution is 6.01. The fourth-order valence-corrected chi connectivity index (χ4v) is 1.71. The van der Waals surface area contributed by atoms with Crippen LogP contribution in [-0.2, 0) is 13.6 Å². The van der Waals surface area contributed by atoms with Crippen molar-refractivity contribution in [3.63, 3.8) is 0 Å². The van der Waals surface area contributed by atoms with Crippen molar-refractivity contribution in [3.05, 3.63) is 42.0 Å². The van der Waals surface area contributed by atoms with E-state index in [0.717, 1.165) is 5.82 Å². The quantitative estimate of drug-likeness (QED) is 0.691. The topological polar surface area (TPSA) is 99.0 Å². The molecule has 6 heteroatoms. The second-order valence-corrected chi connectivity index (χ2v) is 3.94. The van der Waals surface area contributed by atoms with Crippen LogP contribution in [-0.4, -0.2) is 15.5 Å². The number of nitrogen functional groups attached to an aromatic ring is 1. The van der Waals surface area contributed by atoms with Gasteiger partial charge in [0.05, 0.1) is 23.5 Å². The average Bonchev–Trinajstić information content (AvgIpc) is 2.73. The molecular weight excluding hydrogens is 230 g/mol. The van der Waals surface area contributed by atoms with Crippen molar-refractivity contribution >= 4 is 17.3 Å². The van der Waals surface area contributed by atoms with Crippen LogP contribution in [0.1, 0.15) is 16.2 Å². The molecule has 5 N–H and O–H groups in total. The number of aromatic nitrogens is 2. The van der Waals surface area contributed by atoms with Crippen LogP contribution in [0, 0.1) is 0 Å². The van der Waals surface area contributed by atoms with Gasteiger partial charge in [0.15, 0.2) is 0 Å². The molecule has 0 aliphatic carbocycles. The first-order valence-corrected chi connectivity index (χ1v) is 5.48. The number of amides is 1. The molecule has 6 nitrogen and oxygen atoms in total. The molecule has 0 unspecified atom stereocenters. The van der Waals surface area contributed by atoms with Crippen LogP contribution >= 0.6 is 0 Å². The van der Waals surface area contributed by atoms with Gasteiger partial charge >= 0.3 is 0 Å². The number of carbonyl (C=O) groups excluding carboxylic acids is 1. The van der Waals surface area contributed by atoms with Crippen LogP contribution in [0.15, 0.2) is 30.6 Å². The Hall–Kier alpha value is -2.50. The van der Waals surface area contributed by atoms with Crippen molar-refractivity contribution in [1.29, 1.82) is 0 Å². The van der Waals surface area contributed by atoms with Gasteiger partial charge in [-0.25, -0.2) is 4.98 Å². The molecule has 1 aromatic heterocycles. The zero-order chi connectivity index (χ0) is 13.1. The van der Waals surface area contributed by atoms with E-state index in [9.17, 15) is 4.79 Å². The molecule has 0 aliphatic heterocycles. The lowest BCUT2D eigenvalue weighted by molar-refractivity contribution is 0.100. The van der Waals surface area contributed by atoms with Crippen molar-refractivity contribution in [3.8, 4) is 0 Å². The van der Waals surface area contributed by atoms with E-state index >= 15 is 0 Å². The van der Waals surface area contributed by atoms with Gasteiger partial charge in [0, 0.05) is 19.4 Å². The SMILES string of the molecule is Cn1ccnc1CNc1c(N)cccc1C(N)=O. The monoisotopic (exact) mass is 245 g/mol. The van der Waals surface area contributed by atoms with Gasteiger partial charge in [0.25, 0.3) is 5.91 Å². The molecule has 0 aliphatic rings. The van der Waals surface area contributed by atoms with E-state index in [0.29, 0.717) is 23.5 Å². The molecular formula is C12H15N5O. The number of nitrogens with one attached hydrogen (secondary N) is 1. The first-order chi connectivity index (χ1) is 8.59. The van der Waals surface area contributed by atoms with E-state index in [1.165, 1.54) is 0 Å². The van der Waals surface area contributed by atoms with Crippen LogP contribution in [0.25, 0.3) is 0 Å². The first-order valence-electron chi connectivity index (χ1n) is 5.48. The number of hydrogen-bond donors (Lipinski definition) is 3. The van der Waals surface area contributed by atoms with Gasteiger partial charge in [-0.3, -0.25) is 4.79 Å². The Kier molecular flexibility index (Phi) is 3.18. The summed E-state index contributed by atoms with van der Waals surface area (Å²) in [6, 6.07) is 5.05. The Balaban J connectivity index is 2.24. The molecule has 0 fully saturated rings. The lowest BCUT2D eigenvalue weighted by Crippen LogP contribution is -2.16. The number of nitrogens with zero attached hydrogens (tertiary/aromatic N) is 2. The largest absolute Gasteiger partial charge is 0.397 e. The number of benzene rings is 1. The third-order valence-corrected chi connectivity index (χ3v) is 2.71. The maximum absolute atomic E-state index is 11.3. The minimum Gasteiger partial charge on any atom is -0.397 e. The number of nitrogens with two attached hydrogens (primary N) is 2. The van der Waals surface area contributed by atoms with Crippen molar-refractivity contribution in [2.75, 3.05) is 11.1 Å². The summed E-state index contributed by atoms with van der Waals surface area (Å²) < 4.78 is 1.88. The summed E-state index contributed by atoms with van der Waals surface area (Å²) in [6.07, 6.45) is 3.56. The number of imidazole rings is 1. The highest BCUT2D eigenvalue weighted by Crippen LogP contribution is 2.23. The molecule has 0 spiro atoms. The number of hydrogen-bond acceptors (Lipinski definition) is 4. The Morgan fingerprint density at radius 2 is 2.28 bits per heavy atom. The van der Waals surface area contributed by atoms with Gasteiger partial charge in [-0.2, -0.15) is 0 Å². The van der Waals surface area contributed by atoms with Gasteiger partial charge in [0.2, 0.25) is 0 Å². The molecule has 1 heterocycles. The van der Waals surface area contributed by atoms with Crippen molar-refractivity contribution < 1.29 is 4.79 Å². The molecule has 18 heavy (non-hydrogen) atoms. The highest BCUT2D eigenvalue weighted by Gasteiger charge is 2.11. The summed E-state index contributed by atoms with van der Waals surface area (Å²) in [4.78, 5) is 15.5. The summed E-state index contributed by atoms with van der Waals surface area (Å²) in [5, 5.41) is 3.10. The van der Waals surface area contributed by atoms with Crippen molar-refractivity contribution in [1.82, 2.24) is 9.55 Å². The van der Waals surface area contributed by atoms with Crippen LogP contribution in [0.5, 0.6) is 0 Å². The molecule has 1 aromatic carbocycles. The minimum absolute atomic E-state index is 0.379. The van der Waals surface area contributed by atoms with Gasteiger partial charge < -0.3 is 21.4 Å². The third-order valence-electron chi connectivity index (χ3n) is 2.71. The summed E-state index contributed by atoms with van der Waals surface area (Å²) >= 11 is 0. The molecule has 2 aromatic rings. The van der Waals surface area contributed by atoms with Gasteiger partial charge in [0.1, 0.15) is 5.82 Å². The van der Waals surface area contributed by atoms with E-state index in [4.69, 9.17) is 11.5 Å². The second kappa shape index (κ2) is 4.79. The standard InChI is InChI=1S/C12H15N5O/c1-17-6-5-15-10(17)7-16-11-8(12(14)18)3-2-4-9(11)13/h2-6,16H,7,13H2,1H3,(H2,14,18). The second-order valence-electron chi connectivity index (χ2n) is 3.94. The predicted molar refractivity (Wildman–Crippen MR) is 69.9 cm³/mol. The highest BCUT2D eigenvalue weighted by atomic mass is 16.1. The molecule has 0 saturated heterocycles. The van der Waals surface area contributed by atoms with Crippen LogP contribution in [0.2, 0.25) is 0 Å². The molecule has 0 saturated carbocycles. The molecule has 0 radical (unpaired) electrons. The number of primary amides is 1. The van der Waals surface area contributed by atoms with Gasteiger partial charge in [-0.1, -0.05) is 6.07 Å². The fourth-order valence-electron chi connectivity index (χ4n) is 1.71. The molecule has 1 amide bonds. The summed E-state index contributed by atoms with van der Waals surface area (Å²) in [5.41, 5.74) is 12.6. The number of rotatable bonds is 4. The Bertz CT molecular complexity index is 576. The number of carbonyl (C=O) groups is 1. The molecule has 94 valence electrons. The lowest BCUT2D eigenvalue weighted by atomic mass is 10.1. The Labute approximate surface area is 105 Å². The summed E-state index contributed by atoms with van der Waals surface area (Å²) in [7, 11) is 1.90. The minimum atomic E-state index is -0.510. The van der Waals surface area contributed by atoms with Crippen LogP contribution in [0.4, 0.5) is 11.4 Å². The zero-order valence-corrected chi connectivity index (χ0v) is 10.1. The van der Waals surface area contributed by atoms with Crippen molar-refractivity contribution in [2.24, 2.45) is 12.8 Å².